The number of benzene rings is 2. The quantitative estimate of drug-likeness (QED) is 0.635. The summed E-state index contributed by atoms with van der Waals surface area (Å²) in [6.07, 6.45) is 5.32. The van der Waals surface area contributed by atoms with Crippen molar-refractivity contribution in [2.75, 3.05) is 32.2 Å². The number of carbonyl (C=O) groups is 1. The standard InChI is InChI=1S/C23H24N2O5/c1-27-22-14-17(7-9-21(22)29-13-11-24)8-10-23(26)25-18-4-2-5-19(15-18)30-16-20-6-3-12-28-20/h2,4-5,7-10,14-15,20H,3,6,12-13,16H2,1H3,(H,25,26)/b10-8+. The first-order valence-corrected chi connectivity index (χ1v) is 9.69. The Bertz CT molecular complexity index is 929. The second-order valence-electron chi connectivity index (χ2n) is 6.65. The maximum absolute atomic E-state index is 12.3. The number of nitriles is 1. The molecule has 7 nitrogen and oxygen atoms in total. The van der Waals surface area contributed by atoms with Crippen LogP contribution in [-0.2, 0) is 9.53 Å². The highest BCUT2D eigenvalue weighted by Gasteiger charge is 2.16. The molecule has 0 spiro atoms. The summed E-state index contributed by atoms with van der Waals surface area (Å²) in [4.78, 5) is 12.3. The van der Waals surface area contributed by atoms with Crippen LogP contribution in [0.5, 0.6) is 17.2 Å². The number of carbonyl (C=O) groups excluding carboxylic acids is 1. The maximum Gasteiger partial charge on any atom is 0.248 e. The lowest BCUT2D eigenvalue weighted by Crippen LogP contribution is -2.16. The third kappa shape index (κ3) is 6.26. The minimum atomic E-state index is -0.268. The van der Waals surface area contributed by atoms with E-state index in [0.29, 0.717) is 29.5 Å². The number of nitrogens with zero attached hydrogens (tertiary/aromatic N) is 1. The molecule has 156 valence electrons. The Labute approximate surface area is 175 Å². The van der Waals surface area contributed by atoms with E-state index in [0.717, 1.165) is 25.0 Å². The fraction of sp³-hybridized carbons (Fsp3) is 0.304. The largest absolute Gasteiger partial charge is 0.493 e. The molecule has 1 atom stereocenters. The highest BCUT2D eigenvalue weighted by Crippen LogP contribution is 2.28. The minimum Gasteiger partial charge on any atom is -0.493 e. The van der Waals surface area contributed by atoms with Crippen LogP contribution in [0.3, 0.4) is 0 Å². The lowest BCUT2D eigenvalue weighted by atomic mass is 10.2. The van der Waals surface area contributed by atoms with Crippen LogP contribution < -0.4 is 19.5 Å². The van der Waals surface area contributed by atoms with Crippen molar-refractivity contribution >= 4 is 17.7 Å². The normalized spacial score (nSPS) is 15.5. The van der Waals surface area contributed by atoms with E-state index >= 15 is 0 Å². The average Bonchev–Trinajstić information content (AvgIpc) is 3.29. The summed E-state index contributed by atoms with van der Waals surface area (Å²) < 4.78 is 21.9. The second-order valence-corrected chi connectivity index (χ2v) is 6.65. The van der Waals surface area contributed by atoms with Gasteiger partial charge in [0, 0.05) is 24.4 Å². The minimum absolute atomic E-state index is 0.0651. The molecule has 1 aliphatic rings. The average molecular weight is 408 g/mol. The first-order chi connectivity index (χ1) is 14.7. The number of methoxy groups -OCH3 is 1. The Balaban J connectivity index is 1.56. The Morgan fingerprint density at radius 2 is 2.17 bits per heavy atom. The number of rotatable bonds is 9. The topological polar surface area (TPSA) is 89.8 Å². The van der Waals surface area contributed by atoms with E-state index < -0.39 is 0 Å². The molecule has 1 aliphatic heterocycles. The van der Waals surface area contributed by atoms with E-state index in [1.54, 1.807) is 36.4 Å². The van der Waals surface area contributed by atoms with Crippen LogP contribution >= 0.6 is 0 Å². The SMILES string of the molecule is COc1cc(/C=C/C(=O)Nc2cccc(OCC3CCCO3)c2)ccc1OCC#N. The van der Waals surface area contributed by atoms with Gasteiger partial charge in [0.25, 0.3) is 0 Å². The van der Waals surface area contributed by atoms with Gasteiger partial charge in [0.1, 0.15) is 18.4 Å². The van der Waals surface area contributed by atoms with Crippen LogP contribution in [-0.4, -0.2) is 38.9 Å². The molecule has 1 saturated heterocycles. The van der Waals surface area contributed by atoms with Crippen LogP contribution in [0, 0.1) is 11.3 Å². The smallest absolute Gasteiger partial charge is 0.248 e. The third-order valence-corrected chi connectivity index (χ3v) is 4.47. The lowest BCUT2D eigenvalue weighted by molar-refractivity contribution is -0.111. The van der Waals surface area contributed by atoms with E-state index in [4.69, 9.17) is 24.2 Å². The second kappa shape index (κ2) is 10.9. The summed E-state index contributed by atoms with van der Waals surface area (Å²) in [5.41, 5.74) is 1.41. The summed E-state index contributed by atoms with van der Waals surface area (Å²) in [6.45, 7) is 1.23. The monoisotopic (exact) mass is 408 g/mol. The summed E-state index contributed by atoms with van der Waals surface area (Å²) in [6, 6.07) is 14.4. The number of amides is 1. The zero-order chi connectivity index (χ0) is 21.2. The summed E-state index contributed by atoms with van der Waals surface area (Å²) in [5, 5.41) is 11.4. The van der Waals surface area contributed by atoms with Gasteiger partial charge in [-0.15, -0.1) is 0 Å². The molecule has 3 rings (SSSR count). The van der Waals surface area contributed by atoms with Gasteiger partial charge < -0.3 is 24.3 Å². The van der Waals surface area contributed by atoms with Gasteiger partial charge >= 0.3 is 0 Å². The molecule has 0 bridgehead atoms. The molecule has 1 N–H and O–H groups in total. The van der Waals surface area contributed by atoms with Gasteiger partial charge in [-0.05, 0) is 48.7 Å². The van der Waals surface area contributed by atoms with Crippen molar-refractivity contribution in [1.82, 2.24) is 0 Å². The number of hydrogen-bond acceptors (Lipinski definition) is 6. The molecule has 0 saturated carbocycles. The van der Waals surface area contributed by atoms with Crippen LogP contribution in [0.15, 0.2) is 48.5 Å². The summed E-state index contributed by atoms with van der Waals surface area (Å²) in [5.74, 6) is 1.38. The number of hydrogen-bond donors (Lipinski definition) is 1. The van der Waals surface area contributed by atoms with Crippen molar-refractivity contribution in [2.45, 2.75) is 18.9 Å². The van der Waals surface area contributed by atoms with Crippen molar-refractivity contribution in [3.63, 3.8) is 0 Å². The molecule has 0 aliphatic carbocycles. The van der Waals surface area contributed by atoms with Crippen molar-refractivity contribution in [1.29, 1.82) is 5.26 Å². The molecule has 7 heteroatoms. The van der Waals surface area contributed by atoms with E-state index in [1.807, 2.05) is 18.2 Å². The molecule has 1 unspecified atom stereocenters. The Morgan fingerprint density at radius 1 is 1.27 bits per heavy atom. The fourth-order valence-electron chi connectivity index (χ4n) is 3.00. The van der Waals surface area contributed by atoms with Crippen molar-refractivity contribution in [2.24, 2.45) is 0 Å². The molecular weight excluding hydrogens is 384 g/mol. The van der Waals surface area contributed by atoms with E-state index in [-0.39, 0.29) is 18.6 Å². The first kappa shape index (κ1) is 21.2. The summed E-state index contributed by atoms with van der Waals surface area (Å²) >= 11 is 0. The highest BCUT2D eigenvalue weighted by molar-refractivity contribution is 6.02. The number of anilines is 1. The molecule has 30 heavy (non-hydrogen) atoms. The number of ether oxygens (including phenoxy) is 4. The lowest BCUT2D eigenvalue weighted by Gasteiger charge is -2.12. The molecule has 1 amide bonds. The molecule has 2 aromatic rings. The molecule has 2 aromatic carbocycles. The van der Waals surface area contributed by atoms with Gasteiger partial charge in [0.2, 0.25) is 5.91 Å². The number of nitrogens with one attached hydrogen (secondary N) is 1. The van der Waals surface area contributed by atoms with Gasteiger partial charge in [-0.2, -0.15) is 5.26 Å². The maximum atomic E-state index is 12.3. The van der Waals surface area contributed by atoms with Crippen LogP contribution in [0.25, 0.3) is 6.08 Å². The van der Waals surface area contributed by atoms with Crippen LogP contribution in [0.2, 0.25) is 0 Å². The van der Waals surface area contributed by atoms with Crippen molar-refractivity contribution in [3.8, 4) is 23.3 Å². The molecule has 1 fully saturated rings. The van der Waals surface area contributed by atoms with Gasteiger partial charge in [-0.25, -0.2) is 0 Å². The third-order valence-electron chi connectivity index (χ3n) is 4.47. The van der Waals surface area contributed by atoms with Gasteiger partial charge in [-0.1, -0.05) is 12.1 Å². The zero-order valence-corrected chi connectivity index (χ0v) is 16.8. The van der Waals surface area contributed by atoms with E-state index in [2.05, 4.69) is 5.32 Å². The molecule has 1 heterocycles. The highest BCUT2D eigenvalue weighted by atomic mass is 16.5. The van der Waals surface area contributed by atoms with Gasteiger partial charge in [0.05, 0.1) is 13.2 Å². The molecular formula is C23H24N2O5. The van der Waals surface area contributed by atoms with Gasteiger partial charge in [0.15, 0.2) is 18.1 Å². The Kier molecular flexibility index (Phi) is 7.70. The zero-order valence-electron chi connectivity index (χ0n) is 16.8. The first-order valence-electron chi connectivity index (χ1n) is 9.69. The van der Waals surface area contributed by atoms with Crippen LogP contribution in [0.1, 0.15) is 18.4 Å². The van der Waals surface area contributed by atoms with E-state index in [1.165, 1.54) is 13.2 Å². The Morgan fingerprint density at radius 3 is 2.93 bits per heavy atom. The molecule has 0 radical (unpaired) electrons. The predicted molar refractivity (Wildman–Crippen MR) is 113 cm³/mol. The molecule has 0 aromatic heterocycles. The summed E-state index contributed by atoms with van der Waals surface area (Å²) in [7, 11) is 1.52. The fourth-order valence-corrected chi connectivity index (χ4v) is 3.00. The van der Waals surface area contributed by atoms with E-state index in [9.17, 15) is 4.79 Å². The van der Waals surface area contributed by atoms with Gasteiger partial charge in [-0.3, -0.25) is 4.79 Å². The van der Waals surface area contributed by atoms with Crippen molar-refractivity contribution < 1.29 is 23.7 Å². The Hall–Kier alpha value is -3.50. The predicted octanol–water partition coefficient (Wildman–Crippen LogP) is 3.81. The van der Waals surface area contributed by atoms with Crippen LogP contribution in [0.4, 0.5) is 5.69 Å². The van der Waals surface area contributed by atoms with Crippen molar-refractivity contribution in [3.05, 3.63) is 54.1 Å².